The quantitative estimate of drug-likeness (QED) is 0.169. The summed E-state index contributed by atoms with van der Waals surface area (Å²) in [7, 11) is 4.88. The number of carbonyl (C=O) groups is 3. The number of carbonyl (C=O) groups excluding carboxylic acids is 3. The zero-order valence-electron chi connectivity index (χ0n) is 34.1. The molecule has 0 amide bonds. The third-order valence-corrected chi connectivity index (χ3v) is 12.7. The predicted octanol–water partition coefficient (Wildman–Crippen LogP) is 1.92. The summed E-state index contributed by atoms with van der Waals surface area (Å²) in [5, 5.41) is 66.2. The van der Waals surface area contributed by atoms with Crippen molar-refractivity contribution < 1.29 is 78.2 Å². The lowest BCUT2D eigenvalue weighted by atomic mass is 9.67. The number of phenols is 2. The molecular weight excluding hydrogens is 774 g/mol. The first-order valence-electron chi connectivity index (χ1n) is 20.1. The second-order valence-corrected chi connectivity index (χ2v) is 16.6. The number of benzene rings is 2. The molecule has 17 heteroatoms. The highest BCUT2D eigenvalue weighted by atomic mass is 16.7. The molecule has 2 aromatic rings. The summed E-state index contributed by atoms with van der Waals surface area (Å²) in [6.45, 7) is 6.84. The Labute approximate surface area is 341 Å². The Morgan fingerprint density at radius 1 is 0.831 bits per heavy atom. The number of likely N-dealkylation sites (N-methyl/N-ethyl adjacent to an activating group) is 1. The van der Waals surface area contributed by atoms with E-state index in [4.69, 9.17) is 33.2 Å². The third kappa shape index (κ3) is 7.80. The lowest BCUT2D eigenvalue weighted by molar-refractivity contribution is -0.332. The number of aromatic hydroxyl groups is 2. The van der Waals surface area contributed by atoms with Gasteiger partial charge in [-0.1, -0.05) is 19.1 Å². The van der Waals surface area contributed by atoms with E-state index in [0.717, 1.165) is 0 Å². The number of rotatable bonds is 9. The smallest absolute Gasteiger partial charge is 0.316 e. The molecule has 12 unspecified atom stereocenters. The van der Waals surface area contributed by atoms with Crippen LogP contribution in [0.15, 0.2) is 24.3 Å². The van der Waals surface area contributed by atoms with E-state index in [2.05, 4.69) is 0 Å². The molecule has 2 aromatic carbocycles. The van der Waals surface area contributed by atoms with Crippen LogP contribution in [-0.2, 0) is 38.0 Å². The van der Waals surface area contributed by atoms with Gasteiger partial charge in [0.05, 0.1) is 60.5 Å². The predicted molar refractivity (Wildman–Crippen MR) is 204 cm³/mol. The molecule has 3 saturated heterocycles. The van der Waals surface area contributed by atoms with Crippen molar-refractivity contribution in [2.45, 2.75) is 151 Å². The van der Waals surface area contributed by atoms with E-state index in [-0.39, 0.29) is 71.5 Å². The maximum Gasteiger partial charge on any atom is 0.316 e. The highest BCUT2D eigenvalue weighted by Gasteiger charge is 2.54. The molecule has 0 radical (unpaired) electrons. The van der Waals surface area contributed by atoms with Gasteiger partial charge < -0.3 is 68.7 Å². The standard InChI is InChI=1S/C42H55NO16/c1-8-42(52)16-27(32-21(34(42)41(51)53-7)12-22-33(38(32)50)37(49)31-20(36(22)48)10-9-11-24(31)44)57-28-13-23(43(5)6)39(18(3)55-28)58-30-15-26(46)40(19(4)56-30)59-29-14-25(45)35(47)17(2)54-29/h9-12,17-19,23,25-30,34-35,39-40,44-47,50,52H,8,13-16H2,1-7H3/t17?,18?,19?,23?,25?,26?,27-,28?,29?,30?,34-,35?,39?,40?,42+/m0/s1. The van der Waals surface area contributed by atoms with Crippen molar-refractivity contribution in [2.24, 2.45) is 0 Å². The molecule has 7 rings (SSSR count). The molecule has 3 aliphatic heterocycles. The first-order chi connectivity index (χ1) is 27.9. The lowest BCUT2D eigenvalue weighted by Crippen LogP contribution is -2.58. The van der Waals surface area contributed by atoms with Crippen molar-refractivity contribution in [3.05, 3.63) is 57.6 Å². The normalized spacial score (nSPS) is 38.4. The molecule has 3 fully saturated rings. The third-order valence-electron chi connectivity index (χ3n) is 12.7. The summed E-state index contributed by atoms with van der Waals surface area (Å²) in [5.74, 6) is -4.65. The van der Waals surface area contributed by atoms with E-state index in [1.807, 2.05) is 19.0 Å². The number of esters is 1. The first kappa shape index (κ1) is 43.5. The van der Waals surface area contributed by atoms with E-state index >= 15 is 0 Å². The minimum atomic E-state index is -1.77. The molecule has 0 saturated carbocycles. The molecule has 6 N–H and O–H groups in total. The number of nitrogens with zero attached hydrogens (tertiary/aromatic N) is 1. The van der Waals surface area contributed by atoms with Crippen LogP contribution in [0.25, 0.3) is 0 Å². The van der Waals surface area contributed by atoms with Crippen LogP contribution >= 0.6 is 0 Å². The Hall–Kier alpha value is -3.59. The Bertz CT molecular complexity index is 1920. The minimum absolute atomic E-state index is 0.0162. The van der Waals surface area contributed by atoms with Crippen molar-refractivity contribution >= 4 is 17.5 Å². The SMILES string of the molecule is CC[C@@]1(O)C[C@H](OC2CC(N(C)C)C(OC3CC(O)C(OC4CC(O)C(O)C(C)O4)C(C)O3)C(C)O2)c2c(cc3c(c2O)C(=O)c2c(O)cccc2C3=O)[C@H]1C(=O)OC. The van der Waals surface area contributed by atoms with Crippen LogP contribution in [0.1, 0.15) is 115 Å². The average Bonchev–Trinajstić information content (AvgIpc) is 3.17. The van der Waals surface area contributed by atoms with Gasteiger partial charge in [-0.15, -0.1) is 0 Å². The van der Waals surface area contributed by atoms with Crippen molar-refractivity contribution in [3.8, 4) is 11.5 Å². The van der Waals surface area contributed by atoms with Gasteiger partial charge in [-0.2, -0.15) is 0 Å². The summed E-state index contributed by atoms with van der Waals surface area (Å²) in [4.78, 5) is 43.1. The Kier molecular flexibility index (Phi) is 12.3. The van der Waals surface area contributed by atoms with Gasteiger partial charge in [0.1, 0.15) is 35.7 Å². The van der Waals surface area contributed by atoms with Gasteiger partial charge in [0.25, 0.3) is 0 Å². The molecule has 324 valence electrons. The number of phenolic OH excluding ortho intramolecular Hbond substituents is 2. The number of aliphatic hydroxyl groups excluding tert-OH is 3. The monoisotopic (exact) mass is 829 g/mol. The number of hydrogen-bond acceptors (Lipinski definition) is 17. The van der Waals surface area contributed by atoms with Gasteiger partial charge in [0.2, 0.25) is 5.78 Å². The number of fused-ring (bicyclic) bond motifs is 3. The number of ketones is 2. The molecule has 3 heterocycles. The maximum atomic E-state index is 13.9. The summed E-state index contributed by atoms with van der Waals surface area (Å²) in [6, 6.07) is 5.06. The average molecular weight is 830 g/mol. The van der Waals surface area contributed by atoms with Crippen LogP contribution in [0, 0.1) is 0 Å². The summed E-state index contributed by atoms with van der Waals surface area (Å²) >= 11 is 0. The van der Waals surface area contributed by atoms with Gasteiger partial charge in [0, 0.05) is 48.4 Å². The van der Waals surface area contributed by atoms with Crippen LogP contribution in [0.4, 0.5) is 0 Å². The van der Waals surface area contributed by atoms with E-state index in [9.17, 15) is 45.0 Å². The van der Waals surface area contributed by atoms with Gasteiger partial charge in [-0.3, -0.25) is 14.4 Å². The zero-order valence-corrected chi connectivity index (χ0v) is 34.1. The highest BCUT2D eigenvalue weighted by molar-refractivity contribution is 6.30. The summed E-state index contributed by atoms with van der Waals surface area (Å²) in [6.07, 6.45) is -10.1. The molecule has 0 spiro atoms. The molecule has 0 aromatic heterocycles. The molecule has 17 nitrogen and oxygen atoms in total. The van der Waals surface area contributed by atoms with Gasteiger partial charge in [-0.05, 0) is 59.0 Å². The summed E-state index contributed by atoms with van der Waals surface area (Å²) < 4.78 is 42.6. The van der Waals surface area contributed by atoms with E-state index < -0.39 is 114 Å². The Balaban J connectivity index is 1.13. The number of aliphatic hydroxyl groups is 4. The first-order valence-corrected chi connectivity index (χ1v) is 20.1. The maximum absolute atomic E-state index is 13.9. The van der Waals surface area contributed by atoms with Gasteiger partial charge in [-0.25, -0.2) is 0 Å². The second-order valence-electron chi connectivity index (χ2n) is 16.6. The van der Waals surface area contributed by atoms with Crippen molar-refractivity contribution in [1.82, 2.24) is 4.90 Å². The van der Waals surface area contributed by atoms with Crippen molar-refractivity contribution in [1.29, 1.82) is 0 Å². The van der Waals surface area contributed by atoms with E-state index in [1.54, 1.807) is 27.7 Å². The van der Waals surface area contributed by atoms with E-state index in [0.29, 0.717) is 0 Å². The topological polar surface area (TPSA) is 240 Å². The van der Waals surface area contributed by atoms with Gasteiger partial charge >= 0.3 is 5.97 Å². The van der Waals surface area contributed by atoms with Crippen LogP contribution in [0.2, 0.25) is 0 Å². The van der Waals surface area contributed by atoms with Crippen LogP contribution in [0.5, 0.6) is 11.5 Å². The lowest BCUT2D eigenvalue weighted by Gasteiger charge is -2.48. The van der Waals surface area contributed by atoms with Crippen LogP contribution in [0.3, 0.4) is 0 Å². The fraction of sp³-hybridized carbons (Fsp3) is 0.643. The molecule has 59 heavy (non-hydrogen) atoms. The largest absolute Gasteiger partial charge is 0.507 e. The van der Waals surface area contributed by atoms with E-state index in [1.165, 1.54) is 31.4 Å². The number of methoxy groups -OCH3 is 1. The number of hydrogen-bond donors (Lipinski definition) is 6. The molecule has 5 aliphatic rings. The molecule has 0 bridgehead atoms. The molecule has 2 aliphatic carbocycles. The van der Waals surface area contributed by atoms with Crippen molar-refractivity contribution in [2.75, 3.05) is 21.2 Å². The molecule has 15 atom stereocenters. The Morgan fingerprint density at radius 3 is 2.05 bits per heavy atom. The van der Waals surface area contributed by atoms with Crippen LogP contribution in [-0.4, -0.2) is 154 Å². The van der Waals surface area contributed by atoms with Gasteiger partial charge in [0.15, 0.2) is 24.7 Å². The highest BCUT2D eigenvalue weighted by Crippen LogP contribution is 2.54. The van der Waals surface area contributed by atoms with Crippen LogP contribution < -0.4 is 0 Å². The van der Waals surface area contributed by atoms with Crippen molar-refractivity contribution in [3.63, 3.8) is 0 Å². The minimum Gasteiger partial charge on any atom is -0.507 e. The fourth-order valence-corrected chi connectivity index (χ4v) is 9.45. The Morgan fingerprint density at radius 2 is 1.44 bits per heavy atom. The summed E-state index contributed by atoms with van der Waals surface area (Å²) in [5.41, 5.74) is -2.55. The molecular formula is C42H55NO16. The second kappa shape index (κ2) is 16.7. The zero-order chi connectivity index (χ0) is 42.8. The number of ether oxygens (including phenoxy) is 7. The fourth-order valence-electron chi connectivity index (χ4n) is 9.45.